The topological polar surface area (TPSA) is 52.6 Å². The minimum Gasteiger partial charge on any atom is -0.391 e. The molecular formula is C15H22N2O2S. The lowest BCUT2D eigenvalue weighted by Crippen LogP contribution is -2.44. The first-order chi connectivity index (χ1) is 9.69. The standard InChI is InChI=1S/C15H22N2O2S/c1-20-10-8-12-4-6-13(7-5-12)16-15(19)17-9-2-3-14(18)11-17/h4-7,14,18H,2-3,8-11H2,1H3,(H,16,19). The molecule has 0 bridgehead atoms. The Morgan fingerprint density at radius 3 is 2.85 bits per heavy atom. The number of aryl methyl sites for hydroxylation is 1. The maximum Gasteiger partial charge on any atom is 0.321 e. The molecule has 0 saturated carbocycles. The van der Waals surface area contributed by atoms with Crippen LogP contribution in [0.5, 0.6) is 0 Å². The van der Waals surface area contributed by atoms with Crippen LogP contribution in [0.4, 0.5) is 10.5 Å². The average Bonchev–Trinajstić information content (AvgIpc) is 2.46. The molecule has 2 amide bonds. The maximum atomic E-state index is 12.1. The Kier molecular flexibility index (Phi) is 5.73. The number of hydrogen-bond acceptors (Lipinski definition) is 3. The van der Waals surface area contributed by atoms with Crippen LogP contribution in [0.3, 0.4) is 0 Å². The van der Waals surface area contributed by atoms with Crippen molar-refractivity contribution in [2.75, 3.05) is 30.4 Å². The van der Waals surface area contributed by atoms with E-state index in [-0.39, 0.29) is 12.1 Å². The maximum absolute atomic E-state index is 12.1. The van der Waals surface area contributed by atoms with Crippen molar-refractivity contribution in [3.63, 3.8) is 0 Å². The van der Waals surface area contributed by atoms with Gasteiger partial charge in [0.2, 0.25) is 0 Å². The minimum atomic E-state index is -0.386. The van der Waals surface area contributed by atoms with Crippen LogP contribution >= 0.6 is 11.8 Å². The molecule has 5 heteroatoms. The quantitative estimate of drug-likeness (QED) is 0.897. The van der Waals surface area contributed by atoms with E-state index in [1.165, 1.54) is 5.56 Å². The summed E-state index contributed by atoms with van der Waals surface area (Å²) in [6.45, 7) is 1.15. The van der Waals surface area contributed by atoms with Crippen LogP contribution in [0.25, 0.3) is 0 Å². The number of aliphatic hydroxyl groups is 1. The van der Waals surface area contributed by atoms with Crippen LogP contribution in [0.15, 0.2) is 24.3 Å². The number of thioether (sulfide) groups is 1. The van der Waals surface area contributed by atoms with E-state index in [2.05, 4.69) is 23.7 Å². The average molecular weight is 294 g/mol. The third-order valence-electron chi connectivity index (χ3n) is 3.48. The van der Waals surface area contributed by atoms with Crippen LogP contribution in [0.1, 0.15) is 18.4 Å². The van der Waals surface area contributed by atoms with Crippen molar-refractivity contribution in [2.24, 2.45) is 0 Å². The Labute approximate surface area is 124 Å². The number of hydrogen-bond donors (Lipinski definition) is 2. The van der Waals surface area contributed by atoms with Gasteiger partial charge >= 0.3 is 6.03 Å². The zero-order valence-electron chi connectivity index (χ0n) is 11.8. The van der Waals surface area contributed by atoms with Gasteiger partial charge in [0.1, 0.15) is 0 Å². The van der Waals surface area contributed by atoms with Crippen molar-refractivity contribution >= 4 is 23.5 Å². The molecule has 0 aliphatic carbocycles. The second kappa shape index (κ2) is 7.55. The summed E-state index contributed by atoms with van der Waals surface area (Å²) in [6, 6.07) is 7.86. The summed E-state index contributed by atoms with van der Waals surface area (Å²) in [7, 11) is 0. The minimum absolute atomic E-state index is 0.124. The van der Waals surface area contributed by atoms with E-state index in [1.807, 2.05) is 23.9 Å². The van der Waals surface area contributed by atoms with Crippen LogP contribution in [-0.4, -0.2) is 47.2 Å². The van der Waals surface area contributed by atoms with Crippen molar-refractivity contribution in [2.45, 2.75) is 25.4 Å². The fourth-order valence-electron chi connectivity index (χ4n) is 2.32. The van der Waals surface area contributed by atoms with Crippen LogP contribution in [0.2, 0.25) is 0 Å². The third kappa shape index (κ3) is 4.42. The Bertz CT molecular complexity index is 436. The molecule has 1 heterocycles. The number of nitrogens with one attached hydrogen (secondary N) is 1. The van der Waals surface area contributed by atoms with Gasteiger partial charge in [0.25, 0.3) is 0 Å². The van der Waals surface area contributed by atoms with Crippen LogP contribution in [-0.2, 0) is 6.42 Å². The van der Waals surface area contributed by atoms with Crippen LogP contribution in [0, 0.1) is 0 Å². The van der Waals surface area contributed by atoms with E-state index in [0.29, 0.717) is 13.1 Å². The van der Waals surface area contributed by atoms with Gasteiger partial charge in [-0.2, -0.15) is 11.8 Å². The van der Waals surface area contributed by atoms with E-state index < -0.39 is 0 Å². The van der Waals surface area contributed by atoms with E-state index in [4.69, 9.17) is 0 Å². The summed E-state index contributed by atoms with van der Waals surface area (Å²) in [5.41, 5.74) is 2.09. The molecule has 1 saturated heterocycles. The number of anilines is 1. The third-order valence-corrected chi connectivity index (χ3v) is 4.10. The zero-order chi connectivity index (χ0) is 14.4. The number of rotatable bonds is 4. The van der Waals surface area contributed by atoms with Gasteiger partial charge < -0.3 is 15.3 Å². The van der Waals surface area contributed by atoms with Crippen molar-refractivity contribution in [1.29, 1.82) is 0 Å². The number of urea groups is 1. The van der Waals surface area contributed by atoms with Gasteiger partial charge in [-0.05, 0) is 49.0 Å². The first-order valence-corrected chi connectivity index (χ1v) is 8.40. The molecule has 2 N–H and O–H groups in total. The highest BCUT2D eigenvalue weighted by atomic mass is 32.2. The summed E-state index contributed by atoms with van der Waals surface area (Å²) >= 11 is 1.83. The number of β-amino-alcohol motifs (C(OH)–C–C–N with tert-alkyl or cyclic N) is 1. The Morgan fingerprint density at radius 2 is 2.20 bits per heavy atom. The molecule has 0 radical (unpaired) electrons. The van der Waals surface area contributed by atoms with Crippen molar-refractivity contribution in [3.05, 3.63) is 29.8 Å². The normalized spacial score (nSPS) is 18.9. The molecule has 0 aromatic heterocycles. The molecule has 1 aromatic carbocycles. The number of carbonyl (C=O) groups is 1. The summed E-state index contributed by atoms with van der Waals surface area (Å²) < 4.78 is 0. The number of amides is 2. The molecular weight excluding hydrogens is 272 g/mol. The van der Waals surface area contributed by atoms with Gasteiger partial charge in [0.15, 0.2) is 0 Å². The Balaban J connectivity index is 1.87. The van der Waals surface area contributed by atoms with Gasteiger partial charge in [0.05, 0.1) is 6.10 Å². The van der Waals surface area contributed by atoms with E-state index >= 15 is 0 Å². The first-order valence-electron chi connectivity index (χ1n) is 7.01. The lowest BCUT2D eigenvalue weighted by molar-refractivity contribution is 0.0883. The number of piperidine rings is 1. The van der Waals surface area contributed by atoms with Crippen LogP contribution < -0.4 is 5.32 Å². The highest BCUT2D eigenvalue weighted by Gasteiger charge is 2.21. The van der Waals surface area contributed by atoms with E-state index in [9.17, 15) is 9.90 Å². The van der Waals surface area contributed by atoms with Gasteiger partial charge in [-0.1, -0.05) is 12.1 Å². The summed E-state index contributed by atoms with van der Waals surface area (Å²) in [5, 5.41) is 12.5. The molecule has 0 spiro atoms. The monoisotopic (exact) mass is 294 g/mol. The molecule has 1 aromatic rings. The summed E-state index contributed by atoms with van der Waals surface area (Å²) in [5.74, 6) is 1.11. The number of benzene rings is 1. The van der Waals surface area contributed by atoms with Crippen molar-refractivity contribution < 1.29 is 9.90 Å². The lowest BCUT2D eigenvalue weighted by atomic mass is 10.1. The lowest BCUT2D eigenvalue weighted by Gasteiger charge is -2.30. The molecule has 1 unspecified atom stereocenters. The first kappa shape index (κ1) is 15.2. The van der Waals surface area contributed by atoms with E-state index in [1.54, 1.807) is 4.90 Å². The molecule has 2 rings (SSSR count). The zero-order valence-corrected chi connectivity index (χ0v) is 12.7. The predicted octanol–water partition coefficient (Wildman–Crippen LogP) is 2.58. The predicted molar refractivity (Wildman–Crippen MR) is 84.4 cm³/mol. The largest absolute Gasteiger partial charge is 0.391 e. The molecule has 1 aliphatic heterocycles. The van der Waals surface area contributed by atoms with Crippen molar-refractivity contribution in [3.8, 4) is 0 Å². The number of aliphatic hydroxyl groups excluding tert-OH is 1. The van der Waals surface area contributed by atoms with E-state index in [0.717, 1.165) is 30.7 Å². The molecule has 20 heavy (non-hydrogen) atoms. The van der Waals surface area contributed by atoms with Gasteiger partial charge in [-0.3, -0.25) is 0 Å². The highest BCUT2D eigenvalue weighted by molar-refractivity contribution is 7.98. The second-order valence-corrected chi connectivity index (χ2v) is 6.10. The Morgan fingerprint density at radius 1 is 1.45 bits per heavy atom. The molecule has 4 nitrogen and oxygen atoms in total. The second-order valence-electron chi connectivity index (χ2n) is 5.11. The molecule has 1 aliphatic rings. The fraction of sp³-hybridized carbons (Fsp3) is 0.533. The Hall–Kier alpha value is -1.20. The number of carbonyl (C=O) groups excluding carboxylic acids is 1. The number of likely N-dealkylation sites (tertiary alicyclic amines) is 1. The van der Waals surface area contributed by atoms with Gasteiger partial charge in [-0.25, -0.2) is 4.79 Å². The SMILES string of the molecule is CSCCc1ccc(NC(=O)N2CCCC(O)C2)cc1. The number of nitrogens with zero attached hydrogens (tertiary/aromatic N) is 1. The molecule has 1 atom stereocenters. The van der Waals surface area contributed by atoms with Crippen molar-refractivity contribution in [1.82, 2.24) is 4.90 Å². The molecule has 110 valence electrons. The highest BCUT2D eigenvalue weighted by Crippen LogP contribution is 2.14. The van der Waals surface area contributed by atoms with Gasteiger partial charge in [0, 0.05) is 18.8 Å². The molecule has 1 fully saturated rings. The summed E-state index contributed by atoms with van der Waals surface area (Å²) in [4.78, 5) is 13.7. The fourth-order valence-corrected chi connectivity index (χ4v) is 2.76. The van der Waals surface area contributed by atoms with Gasteiger partial charge in [-0.15, -0.1) is 0 Å². The smallest absolute Gasteiger partial charge is 0.321 e. The summed E-state index contributed by atoms with van der Waals surface area (Å²) in [6.07, 6.45) is 4.41.